The van der Waals surface area contributed by atoms with Gasteiger partial charge in [-0.2, -0.15) is 3.22 Å². The van der Waals surface area contributed by atoms with Crippen LogP contribution in [0.5, 0.6) is 0 Å². The summed E-state index contributed by atoms with van der Waals surface area (Å²) in [4.78, 5) is 33.7. The maximum absolute atomic E-state index is 12.0. The summed E-state index contributed by atoms with van der Waals surface area (Å²) in [5.41, 5.74) is 5.26. The highest BCUT2D eigenvalue weighted by Gasteiger charge is 2.05. The summed E-state index contributed by atoms with van der Waals surface area (Å²) < 4.78 is 1.25. The van der Waals surface area contributed by atoms with Gasteiger partial charge in [0.1, 0.15) is 0 Å². The zero-order valence-corrected chi connectivity index (χ0v) is 15.4. The van der Waals surface area contributed by atoms with Crippen molar-refractivity contribution in [2.24, 2.45) is 0 Å². The average molecular weight is 453 g/mol. The van der Waals surface area contributed by atoms with Gasteiger partial charge in [-0.3, -0.25) is 15.0 Å². The Hall–Kier alpha value is -2.82. The summed E-state index contributed by atoms with van der Waals surface area (Å²) >= 11 is 1.81. The van der Waals surface area contributed by atoms with Gasteiger partial charge < -0.3 is 16.0 Å². The van der Waals surface area contributed by atoms with Crippen molar-refractivity contribution >= 4 is 64.0 Å². The maximum atomic E-state index is 12.0. The second-order valence-electron chi connectivity index (χ2n) is 4.95. The van der Waals surface area contributed by atoms with Crippen LogP contribution in [-0.2, 0) is 9.59 Å². The Balaban J connectivity index is 1.93. The van der Waals surface area contributed by atoms with Crippen LogP contribution < -0.4 is 21.4 Å². The minimum Gasteiger partial charge on any atom is -0.326 e. The lowest BCUT2D eigenvalue weighted by Crippen LogP contribution is -2.20. The van der Waals surface area contributed by atoms with Gasteiger partial charge in [0.05, 0.1) is 28.6 Å². The number of anilines is 4. The smallest absolute Gasteiger partial charge is 0.323 e. The molecule has 4 N–H and O–H groups in total. The molecule has 25 heavy (non-hydrogen) atoms. The first-order valence-electron chi connectivity index (χ1n) is 7.19. The Kier molecular flexibility index (Phi) is 6.57. The van der Waals surface area contributed by atoms with Crippen LogP contribution in [0, 0.1) is 0 Å². The molecule has 4 amide bonds. The van der Waals surface area contributed by atoms with Crippen LogP contribution in [0.2, 0.25) is 0 Å². The van der Waals surface area contributed by atoms with Gasteiger partial charge in [0, 0.05) is 24.0 Å². The predicted molar refractivity (Wildman–Crippen MR) is 105 cm³/mol. The van der Waals surface area contributed by atoms with Gasteiger partial charge in [-0.15, -0.1) is 0 Å². The number of amides is 4. The first kappa shape index (κ1) is 18.5. The third-order valence-corrected chi connectivity index (χ3v) is 3.38. The number of hydrogen-bond acceptors (Lipinski definition) is 4. The van der Waals surface area contributed by atoms with Crippen LogP contribution in [0.3, 0.4) is 0 Å². The summed E-state index contributed by atoms with van der Waals surface area (Å²) in [6, 6.07) is 13.3. The molecule has 0 aromatic heterocycles. The summed E-state index contributed by atoms with van der Waals surface area (Å²) in [6.07, 6.45) is 0.634. The Morgan fingerprint density at radius 2 is 1.48 bits per heavy atom. The molecule has 9 heteroatoms. The molecule has 0 unspecified atom stereocenters. The Bertz CT molecular complexity index is 767. The van der Waals surface area contributed by atoms with Crippen LogP contribution >= 0.6 is 22.9 Å². The van der Waals surface area contributed by atoms with E-state index in [1.807, 2.05) is 22.9 Å². The van der Waals surface area contributed by atoms with Gasteiger partial charge in [0.25, 0.3) is 0 Å². The van der Waals surface area contributed by atoms with Gasteiger partial charge in [-0.1, -0.05) is 6.07 Å². The Morgan fingerprint density at radius 3 is 2.08 bits per heavy atom. The van der Waals surface area contributed by atoms with Crippen molar-refractivity contribution in [2.45, 2.75) is 6.92 Å². The van der Waals surface area contributed by atoms with Crippen molar-refractivity contribution in [3.63, 3.8) is 0 Å². The fraction of sp³-hybridized carbons (Fsp3) is 0.0625. The van der Waals surface area contributed by atoms with E-state index in [-0.39, 0.29) is 5.91 Å². The first-order chi connectivity index (χ1) is 12.0. The molecular weight excluding hydrogens is 437 g/mol. The highest BCUT2D eigenvalue weighted by Crippen LogP contribution is 2.17. The third kappa shape index (κ3) is 6.30. The van der Waals surface area contributed by atoms with E-state index in [1.165, 1.54) is 10.1 Å². The number of carbonyl (C=O) groups excluding carboxylic acids is 3. The molecule has 0 atom stereocenters. The number of nitrogens with one attached hydrogen (secondary N) is 4. The zero-order valence-electron chi connectivity index (χ0n) is 13.2. The minimum absolute atomic E-state index is 0.185. The molecular formula is C16H16IN5O3. The average Bonchev–Trinajstić information content (AvgIpc) is 2.56. The van der Waals surface area contributed by atoms with E-state index >= 15 is 0 Å². The molecule has 0 aliphatic rings. The largest absolute Gasteiger partial charge is 0.326 e. The van der Waals surface area contributed by atoms with Gasteiger partial charge in [0.15, 0.2) is 0 Å². The van der Waals surface area contributed by atoms with Crippen LogP contribution in [0.4, 0.5) is 27.5 Å². The molecule has 0 fully saturated rings. The van der Waals surface area contributed by atoms with Crippen molar-refractivity contribution in [3.05, 3.63) is 48.5 Å². The summed E-state index contributed by atoms with van der Waals surface area (Å²) in [5, 5.41) is 8.03. The standard InChI is InChI=1S/C16H16IN5O3/c1-11(24)18-14-3-2-4-15(9-14)20-16(25)19-12-5-7-13(8-6-12)21-22(17)10-23/h2-10,21H,1H3,(H,18,24)(H2,19,20,25). The lowest BCUT2D eigenvalue weighted by Gasteiger charge is -2.12. The van der Waals surface area contributed by atoms with Crippen molar-refractivity contribution in [1.82, 2.24) is 3.22 Å². The number of nitrogens with zero attached hydrogens (tertiary/aromatic N) is 1. The lowest BCUT2D eigenvalue weighted by atomic mass is 10.2. The predicted octanol–water partition coefficient (Wildman–Crippen LogP) is 3.42. The fourth-order valence-corrected chi connectivity index (χ4v) is 2.23. The maximum Gasteiger partial charge on any atom is 0.323 e. The van der Waals surface area contributed by atoms with E-state index in [4.69, 9.17) is 0 Å². The summed E-state index contributed by atoms with van der Waals surface area (Å²) in [5.74, 6) is -0.185. The molecule has 0 saturated carbocycles. The highest BCUT2D eigenvalue weighted by molar-refractivity contribution is 14.1. The molecule has 8 nitrogen and oxygen atoms in total. The number of rotatable bonds is 6. The van der Waals surface area contributed by atoms with E-state index in [0.717, 1.165) is 0 Å². The topological polar surface area (TPSA) is 103 Å². The van der Waals surface area contributed by atoms with Crippen molar-refractivity contribution in [1.29, 1.82) is 0 Å². The van der Waals surface area contributed by atoms with Crippen molar-refractivity contribution in [2.75, 3.05) is 21.4 Å². The summed E-state index contributed by atoms with van der Waals surface area (Å²) in [7, 11) is 0. The molecule has 0 radical (unpaired) electrons. The highest BCUT2D eigenvalue weighted by atomic mass is 127. The summed E-state index contributed by atoms with van der Waals surface area (Å²) in [6.45, 7) is 1.41. The van der Waals surface area contributed by atoms with E-state index in [1.54, 1.807) is 48.5 Å². The lowest BCUT2D eigenvalue weighted by molar-refractivity contribution is -0.114. The van der Waals surface area contributed by atoms with Crippen molar-refractivity contribution in [3.8, 4) is 0 Å². The number of urea groups is 1. The quantitative estimate of drug-likeness (QED) is 0.233. The van der Waals surface area contributed by atoms with Gasteiger partial charge in [-0.05, 0) is 42.5 Å². The minimum atomic E-state index is -0.413. The molecule has 130 valence electrons. The first-order valence-corrected chi connectivity index (χ1v) is 8.15. The Morgan fingerprint density at radius 1 is 0.920 bits per heavy atom. The van der Waals surface area contributed by atoms with Crippen molar-refractivity contribution < 1.29 is 14.4 Å². The molecule has 2 rings (SSSR count). The molecule has 0 spiro atoms. The van der Waals surface area contributed by atoms with Gasteiger partial charge in [-0.25, -0.2) is 4.79 Å². The number of carbonyl (C=O) groups is 3. The van der Waals surface area contributed by atoms with E-state index in [2.05, 4.69) is 21.4 Å². The number of hydrazine groups is 1. The van der Waals surface area contributed by atoms with E-state index < -0.39 is 6.03 Å². The Labute approximate surface area is 158 Å². The molecule has 0 bridgehead atoms. The molecule has 0 saturated heterocycles. The molecule has 0 aliphatic carbocycles. The van der Waals surface area contributed by atoms with Crippen LogP contribution in [0.15, 0.2) is 48.5 Å². The monoisotopic (exact) mass is 453 g/mol. The molecule has 2 aromatic carbocycles. The third-order valence-electron chi connectivity index (χ3n) is 2.91. The van der Waals surface area contributed by atoms with Gasteiger partial charge >= 0.3 is 6.03 Å². The zero-order chi connectivity index (χ0) is 18.2. The fourth-order valence-electron chi connectivity index (χ4n) is 1.95. The van der Waals surface area contributed by atoms with E-state index in [9.17, 15) is 14.4 Å². The second kappa shape index (κ2) is 8.87. The number of hydrogen-bond donors (Lipinski definition) is 4. The van der Waals surface area contributed by atoms with Gasteiger partial charge in [0.2, 0.25) is 12.3 Å². The van der Waals surface area contributed by atoms with Crippen LogP contribution in [0.1, 0.15) is 6.92 Å². The number of halogens is 1. The molecule has 2 aromatic rings. The van der Waals surface area contributed by atoms with Crippen LogP contribution in [0.25, 0.3) is 0 Å². The second-order valence-corrected chi connectivity index (χ2v) is 5.99. The van der Waals surface area contributed by atoms with E-state index in [0.29, 0.717) is 29.2 Å². The molecule has 0 aliphatic heterocycles. The normalized spacial score (nSPS) is 9.68. The SMILES string of the molecule is CC(=O)Nc1cccc(NC(=O)Nc2ccc(NN(I)C=O)cc2)c1. The number of benzene rings is 2. The molecule has 0 heterocycles. The van der Waals surface area contributed by atoms with Crippen LogP contribution in [-0.4, -0.2) is 21.6 Å².